The second-order valence-electron chi connectivity index (χ2n) is 11.6. The zero-order chi connectivity index (χ0) is 34.4. The van der Waals surface area contributed by atoms with Crippen molar-refractivity contribution in [3.05, 3.63) is 126 Å². The minimum Gasteiger partial charge on any atom is -0.368 e. The highest BCUT2D eigenvalue weighted by atomic mass is 19.1. The maximum Gasteiger partial charge on any atom is 0.259 e. The Morgan fingerprint density at radius 2 is 1.91 bits per heavy atom. The molecule has 7 heteroatoms. The van der Waals surface area contributed by atoms with E-state index in [1.54, 1.807) is 23.1 Å². The minimum atomic E-state index is -1.95. The number of benzene rings is 1. The van der Waals surface area contributed by atoms with Gasteiger partial charge in [0.15, 0.2) is 5.67 Å². The van der Waals surface area contributed by atoms with Gasteiger partial charge >= 0.3 is 0 Å². The third-order valence-corrected chi connectivity index (χ3v) is 7.89. The van der Waals surface area contributed by atoms with Crippen LogP contribution in [0.25, 0.3) is 5.57 Å². The Hall–Kier alpha value is -4.57. The lowest BCUT2D eigenvalue weighted by atomic mass is 9.87. The van der Waals surface area contributed by atoms with Gasteiger partial charge in [-0.25, -0.2) is 8.78 Å². The van der Waals surface area contributed by atoms with Crippen molar-refractivity contribution in [2.24, 2.45) is 4.99 Å². The normalized spacial score (nSPS) is 18.1. The average molecular weight is 627 g/mol. The predicted octanol–water partition coefficient (Wildman–Crippen LogP) is 8.89. The van der Waals surface area contributed by atoms with Crippen molar-refractivity contribution in [3.63, 3.8) is 0 Å². The number of rotatable bonds is 10. The molecular weight excluding hydrogens is 578 g/mol. The Balaban J connectivity index is 0.00000361. The van der Waals surface area contributed by atoms with Crippen molar-refractivity contribution in [2.45, 2.75) is 66.1 Å². The number of aliphatic imine (C=N–C) groups is 1. The molecule has 46 heavy (non-hydrogen) atoms. The number of carbonyl (C=O) groups is 1. The summed E-state index contributed by atoms with van der Waals surface area (Å²) in [5.41, 5.74) is 3.94. The minimum absolute atomic E-state index is 0.123. The van der Waals surface area contributed by atoms with Crippen LogP contribution in [0.3, 0.4) is 0 Å². The van der Waals surface area contributed by atoms with Gasteiger partial charge in [0.1, 0.15) is 5.82 Å². The molecule has 2 aliphatic rings. The van der Waals surface area contributed by atoms with E-state index >= 15 is 4.39 Å². The smallest absolute Gasteiger partial charge is 0.259 e. The summed E-state index contributed by atoms with van der Waals surface area (Å²) in [5.74, 6) is -0.862. The maximum absolute atomic E-state index is 15.4. The van der Waals surface area contributed by atoms with E-state index in [4.69, 9.17) is 4.99 Å². The molecule has 1 aliphatic heterocycles. The van der Waals surface area contributed by atoms with E-state index in [-0.39, 0.29) is 11.9 Å². The van der Waals surface area contributed by atoms with Crippen molar-refractivity contribution in [2.75, 3.05) is 26.2 Å². The third-order valence-electron chi connectivity index (χ3n) is 7.89. The first-order chi connectivity index (χ1) is 21.9. The zero-order valence-electron chi connectivity index (χ0n) is 28.2. The molecule has 0 N–H and O–H groups in total. The van der Waals surface area contributed by atoms with E-state index < -0.39 is 11.6 Å². The fourth-order valence-corrected chi connectivity index (χ4v) is 5.62. The molecule has 1 aromatic carbocycles. The van der Waals surface area contributed by atoms with Gasteiger partial charge in [-0.05, 0) is 82.9 Å². The lowest BCUT2D eigenvalue weighted by molar-refractivity contribution is -0.144. The van der Waals surface area contributed by atoms with E-state index in [1.807, 2.05) is 70.2 Å². The van der Waals surface area contributed by atoms with Gasteiger partial charge in [-0.1, -0.05) is 55.2 Å². The summed E-state index contributed by atoms with van der Waals surface area (Å²) >= 11 is 0. The number of nitrogens with zero attached hydrogens (tertiary/aromatic N) is 4. The Bertz CT molecular complexity index is 1530. The van der Waals surface area contributed by atoms with Crippen LogP contribution >= 0.6 is 0 Å². The largest absolute Gasteiger partial charge is 0.368 e. The molecular formula is C39H48F2N4O. The molecule has 1 atom stereocenters. The molecule has 0 saturated carbocycles. The topological polar surface area (TPSA) is 59.7 Å². The molecule has 1 heterocycles. The molecule has 1 aromatic rings. The van der Waals surface area contributed by atoms with Gasteiger partial charge in [0.05, 0.1) is 18.2 Å². The Morgan fingerprint density at radius 1 is 1.22 bits per heavy atom. The third kappa shape index (κ3) is 9.71. The first-order valence-electron chi connectivity index (χ1n) is 15.6. The highest BCUT2D eigenvalue weighted by Crippen LogP contribution is 2.35. The van der Waals surface area contributed by atoms with Crippen LogP contribution in [-0.2, 0) is 4.79 Å². The standard InChI is InChI=1S/C37H44F2N4O.C2H4/c1-8-10-19-41-34(22-26(3)30-16-12-11-15-29(23-30)24-40)35(31(9-2)32-17-13-14-18-33(32)38)28(5)43-21-20-42(25-27(43)4)36(44)37(6,7)39;1-2/h8-15,17-18,23,27H,3,16,19-22,25H2,1-2,4-7H3;1-2H2/b10-8-,31-9-,35-28+,41-34?;. The summed E-state index contributed by atoms with van der Waals surface area (Å²) in [6.45, 7) is 22.5. The average Bonchev–Trinajstić information content (AvgIpc) is 3.30. The molecule has 1 unspecified atom stereocenters. The van der Waals surface area contributed by atoms with Gasteiger partial charge in [-0.2, -0.15) is 5.26 Å². The number of halogens is 2. The summed E-state index contributed by atoms with van der Waals surface area (Å²) < 4.78 is 29.9. The van der Waals surface area contributed by atoms with Gasteiger partial charge in [0.25, 0.3) is 5.91 Å². The number of hydrogen-bond acceptors (Lipinski definition) is 4. The van der Waals surface area contributed by atoms with Crippen molar-refractivity contribution in [3.8, 4) is 6.07 Å². The molecule has 3 rings (SSSR count). The van der Waals surface area contributed by atoms with E-state index in [0.717, 1.165) is 28.1 Å². The number of hydrogen-bond donors (Lipinski definition) is 0. The molecule has 1 fully saturated rings. The summed E-state index contributed by atoms with van der Waals surface area (Å²) in [6, 6.07) is 8.80. The highest BCUT2D eigenvalue weighted by molar-refractivity contribution is 6.15. The SMILES string of the molecule is C=C.C=C(CC(=NC/C=C\C)C(/C(=C\C)c1ccccc1F)=C(\C)N1CCN(C(=O)C(C)(C)F)CC1C)C1=CC(C#N)=CC=CC1. The van der Waals surface area contributed by atoms with Crippen LogP contribution in [0.4, 0.5) is 8.78 Å². The van der Waals surface area contributed by atoms with E-state index in [9.17, 15) is 14.4 Å². The van der Waals surface area contributed by atoms with Crippen LogP contribution in [0.5, 0.6) is 0 Å². The monoisotopic (exact) mass is 626 g/mol. The van der Waals surface area contributed by atoms with Crippen LogP contribution in [-0.4, -0.2) is 59.3 Å². The van der Waals surface area contributed by atoms with Gasteiger partial charge in [0.2, 0.25) is 0 Å². The number of alkyl halides is 1. The Kier molecular flexibility index (Phi) is 14.6. The fraction of sp³-hybridized carbons (Fsp3) is 0.359. The van der Waals surface area contributed by atoms with E-state index in [0.29, 0.717) is 55.7 Å². The summed E-state index contributed by atoms with van der Waals surface area (Å²) in [6.07, 6.45) is 14.3. The fourth-order valence-electron chi connectivity index (χ4n) is 5.62. The summed E-state index contributed by atoms with van der Waals surface area (Å²) in [4.78, 5) is 21.6. The lowest BCUT2D eigenvalue weighted by Gasteiger charge is -2.43. The van der Waals surface area contributed by atoms with Crippen LogP contribution < -0.4 is 0 Å². The van der Waals surface area contributed by atoms with Crippen LogP contribution in [0.1, 0.15) is 59.9 Å². The maximum atomic E-state index is 15.4. The summed E-state index contributed by atoms with van der Waals surface area (Å²) in [5, 5.41) is 9.57. The molecule has 244 valence electrons. The number of allylic oxidation sites excluding steroid dienone is 12. The molecule has 1 amide bonds. The molecule has 1 aliphatic carbocycles. The first-order valence-corrected chi connectivity index (χ1v) is 15.6. The van der Waals surface area contributed by atoms with Crippen molar-refractivity contribution in [1.29, 1.82) is 5.26 Å². The van der Waals surface area contributed by atoms with E-state index in [2.05, 4.69) is 30.7 Å². The van der Waals surface area contributed by atoms with Gasteiger partial charge in [-0.15, -0.1) is 13.2 Å². The quantitative estimate of drug-likeness (QED) is 0.148. The molecule has 0 bridgehead atoms. The number of nitriles is 1. The lowest BCUT2D eigenvalue weighted by Crippen LogP contribution is -2.56. The Morgan fingerprint density at radius 3 is 2.50 bits per heavy atom. The predicted molar refractivity (Wildman–Crippen MR) is 188 cm³/mol. The van der Waals surface area contributed by atoms with Crippen LogP contribution in [0.2, 0.25) is 0 Å². The molecule has 0 spiro atoms. The van der Waals surface area contributed by atoms with Gasteiger partial charge < -0.3 is 9.80 Å². The molecule has 0 aromatic heterocycles. The van der Waals surface area contributed by atoms with Crippen molar-refractivity contribution in [1.82, 2.24) is 9.80 Å². The second kappa shape index (κ2) is 17.8. The summed E-state index contributed by atoms with van der Waals surface area (Å²) in [7, 11) is 0. The molecule has 5 nitrogen and oxygen atoms in total. The number of piperazine rings is 1. The van der Waals surface area contributed by atoms with Crippen LogP contribution in [0.15, 0.2) is 120 Å². The molecule has 0 radical (unpaired) electrons. The van der Waals surface area contributed by atoms with Crippen LogP contribution in [0, 0.1) is 17.1 Å². The van der Waals surface area contributed by atoms with Crippen molar-refractivity contribution >= 4 is 17.2 Å². The molecule has 1 saturated heterocycles. The first kappa shape index (κ1) is 37.6. The van der Waals surface area contributed by atoms with Gasteiger partial charge in [-0.3, -0.25) is 9.79 Å². The number of carbonyl (C=O) groups excluding carboxylic acids is 1. The van der Waals surface area contributed by atoms with Gasteiger partial charge in [0, 0.05) is 54.6 Å². The highest BCUT2D eigenvalue weighted by Gasteiger charge is 2.36. The second-order valence-corrected chi connectivity index (χ2v) is 11.6. The zero-order valence-corrected chi connectivity index (χ0v) is 28.2. The van der Waals surface area contributed by atoms with Crippen molar-refractivity contribution < 1.29 is 13.6 Å². The van der Waals surface area contributed by atoms with E-state index in [1.165, 1.54) is 19.9 Å². The number of amides is 1. The Labute approximate surface area is 274 Å².